The Hall–Kier alpha value is -2.52. The third-order valence-electron chi connectivity index (χ3n) is 3.60. The number of hydrogen-bond donors (Lipinski definition) is 1. The van der Waals surface area contributed by atoms with Crippen molar-refractivity contribution < 1.29 is 23.0 Å². The van der Waals surface area contributed by atoms with Crippen LogP contribution in [0, 0.1) is 0 Å². The standard InChI is InChI=1S/C18H16F2N2O3S2/c1-24-12-5-4-11(9-13(12)25-18(19)20)6-7-21-16(23)15-10-22-17(27-15)14-3-2-8-26-14/h2-5,8-10,18H,6-7H2,1H3,(H,21,23). The van der Waals surface area contributed by atoms with Crippen LogP contribution in [0.25, 0.3) is 9.88 Å². The Morgan fingerprint density at radius 2 is 2.15 bits per heavy atom. The lowest BCUT2D eigenvalue weighted by molar-refractivity contribution is -0.0512. The van der Waals surface area contributed by atoms with Crippen LogP contribution in [0.2, 0.25) is 0 Å². The number of carbonyl (C=O) groups is 1. The lowest BCUT2D eigenvalue weighted by Crippen LogP contribution is -2.24. The third-order valence-corrected chi connectivity index (χ3v) is 5.64. The first-order valence-electron chi connectivity index (χ1n) is 7.96. The molecule has 0 radical (unpaired) electrons. The first-order chi connectivity index (χ1) is 13.1. The summed E-state index contributed by atoms with van der Waals surface area (Å²) in [6.45, 7) is -2.58. The van der Waals surface area contributed by atoms with Gasteiger partial charge < -0.3 is 14.8 Å². The number of ether oxygens (including phenoxy) is 2. The summed E-state index contributed by atoms with van der Waals surface area (Å²) < 4.78 is 34.4. The van der Waals surface area contributed by atoms with Gasteiger partial charge in [-0.25, -0.2) is 4.98 Å². The van der Waals surface area contributed by atoms with E-state index in [0.29, 0.717) is 17.8 Å². The Kier molecular flexibility index (Phi) is 6.36. The van der Waals surface area contributed by atoms with E-state index in [-0.39, 0.29) is 17.4 Å². The first kappa shape index (κ1) is 19.2. The van der Waals surface area contributed by atoms with E-state index in [0.717, 1.165) is 15.4 Å². The minimum atomic E-state index is -2.93. The van der Waals surface area contributed by atoms with E-state index in [1.165, 1.54) is 24.5 Å². The zero-order valence-electron chi connectivity index (χ0n) is 14.3. The Morgan fingerprint density at radius 3 is 2.85 bits per heavy atom. The molecule has 0 bridgehead atoms. The molecule has 3 rings (SSSR count). The van der Waals surface area contributed by atoms with Gasteiger partial charge in [0.25, 0.3) is 5.91 Å². The van der Waals surface area contributed by atoms with Crippen molar-refractivity contribution in [3.8, 4) is 21.4 Å². The molecule has 0 aliphatic heterocycles. The van der Waals surface area contributed by atoms with E-state index in [2.05, 4.69) is 15.0 Å². The van der Waals surface area contributed by atoms with Crippen molar-refractivity contribution >= 4 is 28.6 Å². The van der Waals surface area contributed by atoms with Gasteiger partial charge in [0.2, 0.25) is 0 Å². The van der Waals surface area contributed by atoms with Crippen molar-refractivity contribution in [1.82, 2.24) is 10.3 Å². The van der Waals surface area contributed by atoms with E-state index in [1.54, 1.807) is 29.7 Å². The van der Waals surface area contributed by atoms with Crippen LogP contribution in [-0.4, -0.2) is 31.2 Å². The van der Waals surface area contributed by atoms with Gasteiger partial charge in [0.05, 0.1) is 18.2 Å². The van der Waals surface area contributed by atoms with E-state index in [4.69, 9.17) is 4.74 Å². The topological polar surface area (TPSA) is 60.5 Å². The number of thiophene rings is 1. The fourth-order valence-electron chi connectivity index (χ4n) is 2.37. The minimum Gasteiger partial charge on any atom is -0.493 e. The maximum atomic E-state index is 12.5. The summed E-state index contributed by atoms with van der Waals surface area (Å²) in [7, 11) is 1.38. The number of benzene rings is 1. The monoisotopic (exact) mass is 410 g/mol. The molecule has 0 aliphatic rings. The van der Waals surface area contributed by atoms with Gasteiger partial charge in [-0.3, -0.25) is 4.79 Å². The molecular weight excluding hydrogens is 394 g/mol. The van der Waals surface area contributed by atoms with E-state index in [9.17, 15) is 13.6 Å². The molecule has 5 nitrogen and oxygen atoms in total. The lowest BCUT2D eigenvalue weighted by Gasteiger charge is -2.11. The highest BCUT2D eigenvalue weighted by atomic mass is 32.1. The summed E-state index contributed by atoms with van der Waals surface area (Å²) in [5, 5.41) is 5.57. The number of nitrogens with zero attached hydrogens (tertiary/aromatic N) is 1. The fourth-order valence-corrected chi connectivity index (χ4v) is 4.00. The van der Waals surface area contributed by atoms with Crippen LogP contribution in [0.4, 0.5) is 8.78 Å². The molecule has 0 aliphatic carbocycles. The molecule has 27 heavy (non-hydrogen) atoms. The highest BCUT2D eigenvalue weighted by molar-refractivity contribution is 7.21. The second-order valence-electron chi connectivity index (χ2n) is 5.38. The Bertz CT molecular complexity index is 898. The predicted molar refractivity (Wildman–Crippen MR) is 101 cm³/mol. The van der Waals surface area contributed by atoms with Crippen LogP contribution >= 0.6 is 22.7 Å². The summed E-state index contributed by atoms with van der Waals surface area (Å²) in [6.07, 6.45) is 2.02. The van der Waals surface area contributed by atoms with Crippen molar-refractivity contribution in [2.24, 2.45) is 0 Å². The summed E-state index contributed by atoms with van der Waals surface area (Å²) in [5.74, 6) is -0.0129. The Balaban J connectivity index is 1.57. The van der Waals surface area contributed by atoms with Crippen molar-refractivity contribution in [2.75, 3.05) is 13.7 Å². The van der Waals surface area contributed by atoms with Gasteiger partial charge in [0.15, 0.2) is 11.5 Å². The maximum absolute atomic E-state index is 12.5. The van der Waals surface area contributed by atoms with Crippen LogP contribution in [-0.2, 0) is 6.42 Å². The van der Waals surface area contributed by atoms with Crippen LogP contribution in [0.5, 0.6) is 11.5 Å². The molecule has 0 spiro atoms. The van der Waals surface area contributed by atoms with E-state index >= 15 is 0 Å². The highest BCUT2D eigenvalue weighted by Gasteiger charge is 2.13. The number of hydrogen-bond acceptors (Lipinski definition) is 6. The van der Waals surface area contributed by atoms with Crippen molar-refractivity contribution in [3.05, 3.63) is 52.3 Å². The molecule has 1 aromatic carbocycles. The highest BCUT2D eigenvalue weighted by Crippen LogP contribution is 2.30. The number of thiazole rings is 1. The van der Waals surface area contributed by atoms with Gasteiger partial charge in [-0.05, 0) is 35.6 Å². The predicted octanol–water partition coefficient (Wildman–Crippen LogP) is 4.45. The molecule has 1 N–H and O–H groups in total. The number of amides is 1. The number of carbonyl (C=O) groups excluding carboxylic acids is 1. The molecular formula is C18H16F2N2O3S2. The van der Waals surface area contributed by atoms with Gasteiger partial charge >= 0.3 is 6.61 Å². The SMILES string of the molecule is COc1ccc(CCNC(=O)c2cnc(-c3cccs3)s2)cc1OC(F)F. The number of rotatable bonds is 8. The van der Waals surface area contributed by atoms with Crippen molar-refractivity contribution in [1.29, 1.82) is 0 Å². The first-order valence-corrected chi connectivity index (χ1v) is 9.66. The average molecular weight is 410 g/mol. The Labute approximate surface area is 162 Å². The van der Waals surface area contributed by atoms with E-state index < -0.39 is 6.61 Å². The van der Waals surface area contributed by atoms with Gasteiger partial charge in [0, 0.05) is 6.54 Å². The zero-order chi connectivity index (χ0) is 19.2. The average Bonchev–Trinajstić information content (AvgIpc) is 3.33. The molecule has 0 saturated heterocycles. The van der Waals surface area contributed by atoms with Gasteiger partial charge in [-0.15, -0.1) is 22.7 Å². The number of halogens is 2. The van der Waals surface area contributed by atoms with Crippen LogP contribution < -0.4 is 14.8 Å². The summed E-state index contributed by atoms with van der Waals surface area (Å²) in [6, 6.07) is 8.67. The van der Waals surface area contributed by atoms with Crippen LogP contribution in [0.1, 0.15) is 15.2 Å². The zero-order valence-corrected chi connectivity index (χ0v) is 15.9. The number of alkyl halides is 2. The molecule has 9 heteroatoms. The summed E-state index contributed by atoms with van der Waals surface area (Å²) >= 11 is 2.89. The van der Waals surface area contributed by atoms with Crippen molar-refractivity contribution in [3.63, 3.8) is 0 Å². The molecule has 0 atom stereocenters. The number of methoxy groups -OCH3 is 1. The number of aromatic nitrogens is 1. The smallest absolute Gasteiger partial charge is 0.387 e. The van der Waals surface area contributed by atoms with Gasteiger partial charge in [-0.2, -0.15) is 8.78 Å². The third kappa shape index (κ3) is 5.01. The second-order valence-corrected chi connectivity index (χ2v) is 7.35. The summed E-state index contributed by atoms with van der Waals surface area (Å²) in [5.41, 5.74) is 0.746. The summed E-state index contributed by atoms with van der Waals surface area (Å²) in [4.78, 5) is 18.1. The molecule has 3 aromatic rings. The molecule has 2 aromatic heterocycles. The molecule has 2 heterocycles. The lowest BCUT2D eigenvalue weighted by atomic mass is 10.1. The van der Waals surface area contributed by atoms with Gasteiger partial charge in [0.1, 0.15) is 9.88 Å². The fraction of sp³-hybridized carbons (Fsp3) is 0.222. The molecule has 0 saturated carbocycles. The van der Waals surface area contributed by atoms with Crippen molar-refractivity contribution in [2.45, 2.75) is 13.0 Å². The molecule has 0 unspecified atom stereocenters. The molecule has 142 valence electrons. The largest absolute Gasteiger partial charge is 0.493 e. The normalized spacial score (nSPS) is 10.8. The molecule has 1 amide bonds. The Morgan fingerprint density at radius 1 is 1.30 bits per heavy atom. The maximum Gasteiger partial charge on any atom is 0.387 e. The second kappa shape index (κ2) is 8.92. The van der Waals surface area contributed by atoms with Crippen LogP contribution in [0.15, 0.2) is 41.9 Å². The minimum absolute atomic E-state index is 0.0284. The van der Waals surface area contributed by atoms with Gasteiger partial charge in [-0.1, -0.05) is 12.1 Å². The van der Waals surface area contributed by atoms with E-state index in [1.807, 2.05) is 17.5 Å². The quantitative estimate of drug-likeness (QED) is 0.596. The molecule has 0 fully saturated rings. The van der Waals surface area contributed by atoms with Crippen LogP contribution in [0.3, 0.4) is 0 Å². The number of nitrogens with one attached hydrogen (secondary N) is 1.